The monoisotopic (exact) mass is 281 g/mol. The van der Waals surface area contributed by atoms with Crippen LogP contribution < -0.4 is 0 Å². The molecule has 1 atom stereocenters. The Balaban J connectivity index is 2.14. The van der Waals surface area contributed by atoms with E-state index in [9.17, 15) is 4.79 Å². The van der Waals surface area contributed by atoms with E-state index in [1.165, 1.54) is 6.42 Å². The lowest BCUT2D eigenvalue weighted by Gasteiger charge is -2.34. The van der Waals surface area contributed by atoms with E-state index in [-0.39, 0.29) is 5.91 Å². The summed E-state index contributed by atoms with van der Waals surface area (Å²) in [5.74, 6) is 0.171. The molecule has 1 aliphatic heterocycles. The van der Waals surface area contributed by atoms with Crippen LogP contribution >= 0.6 is 15.9 Å². The zero-order valence-corrected chi connectivity index (χ0v) is 10.8. The summed E-state index contributed by atoms with van der Waals surface area (Å²) >= 11 is 3.50. The van der Waals surface area contributed by atoms with Crippen molar-refractivity contribution in [2.45, 2.75) is 25.3 Å². The van der Waals surface area contributed by atoms with Crippen molar-refractivity contribution in [2.24, 2.45) is 0 Å². The third kappa shape index (κ3) is 2.46. The molecule has 86 valence electrons. The van der Waals surface area contributed by atoms with Gasteiger partial charge in [-0.2, -0.15) is 0 Å². The predicted molar refractivity (Wildman–Crippen MR) is 68.9 cm³/mol. The van der Waals surface area contributed by atoms with Crippen LogP contribution in [-0.4, -0.2) is 28.7 Å². The maximum Gasteiger partial charge on any atom is 0.254 e. The fourth-order valence-electron chi connectivity index (χ4n) is 2.17. The average molecular weight is 282 g/mol. The van der Waals surface area contributed by atoms with Gasteiger partial charge in [0.2, 0.25) is 0 Å². The van der Waals surface area contributed by atoms with Gasteiger partial charge in [-0.15, -0.1) is 0 Å². The van der Waals surface area contributed by atoms with Crippen LogP contribution in [0, 0.1) is 0 Å². The Labute approximate surface area is 105 Å². The number of alkyl halides is 1. The molecule has 16 heavy (non-hydrogen) atoms. The number of carbonyl (C=O) groups is 1. The number of amides is 1. The third-order valence-corrected chi connectivity index (χ3v) is 3.83. The second kappa shape index (κ2) is 5.48. The summed E-state index contributed by atoms with van der Waals surface area (Å²) < 4.78 is 0. The molecule has 1 amide bonds. The molecule has 1 aromatic carbocycles. The highest BCUT2D eigenvalue weighted by molar-refractivity contribution is 9.09. The molecule has 0 bridgehead atoms. The van der Waals surface area contributed by atoms with Crippen LogP contribution in [0.2, 0.25) is 0 Å². The molecule has 0 N–H and O–H groups in total. The molecule has 0 aliphatic carbocycles. The molecule has 1 aliphatic rings. The van der Waals surface area contributed by atoms with E-state index >= 15 is 0 Å². The predicted octanol–water partition coefficient (Wildman–Crippen LogP) is 3.08. The van der Waals surface area contributed by atoms with Gasteiger partial charge in [0.25, 0.3) is 5.91 Å². The van der Waals surface area contributed by atoms with E-state index in [1.54, 1.807) is 0 Å². The molecule has 3 heteroatoms. The average Bonchev–Trinajstić information content (AvgIpc) is 2.39. The second-order valence-corrected chi connectivity index (χ2v) is 4.82. The van der Waals surface area contributed by atoms with E-state index in [1.807, 2.05) is 35.2 Å². The number of carbonyl (C=O) groups excluding carboxylic acids is 1. The summed E-state index contributed by atoms with van der Waals surface area (Å²) in [6, 6.07) is 9.92. The van der Waals surface area contributed by atoms with Crippen LogP contribution in [0.1, 0.15) is 29.6 Å². The van der Waals surface area contributed by atoms with E-state index in [4.69, 9.17) is 0 Å². The Bertz CT molecular complexity index is 352. The van der Waals surface area contributed by atoms with Crippen molar-refractivity contribution >= 4 is 21.8 Å². The van der Waals surface area contributed by atoms with Gasteiger partial charge in [0.1, 0.15) is 0 Å². The number of nitrogens with zero attached hydrogens (tertiary/aromatic N) is 1. The Morgan fingerprint density at radius 3 is 2.75 bits per heavy atom. The molecule has 1 unspecified atom stereocenters. The Morgan fingerprint density at radius 2 is 2.06 bits per heavy atom. The molecule has 0 saturated carbocycles. The molecule has 0 radical (unpaired) electrons. The van der Waals surface area contributed by atoms with Crippen molar-refractivity contribution in [3.63, 3.8) is 0 Å². The zero-order chi connectivity index (χ0) is 11.4. The Kier molecular flexibility index (Phi) is 3.99. The van der Waals surface area contributed by atoms with Gasteiger partial charge in [-0.1, -0.05) is 34.1 Å². The van der Waals surface area contributed by atoms with Crippen LogP contribution in [0.5, 0.6) is 0 Å². The van der Waals surface area contributed by atoms with E-state index < -0.39 is 0 Å². The van der Waals surface area contributed by atoms with Crippen molar-refractivity contribution in [2.75, 3.05) is 11.9 Å². The highest BCUT2D eigenvalue weighted by atomic mass is 79.9. The fraction of sp³-hybridized carbons (Fsp3) is 0.462. The van der Waals surface area contributed by atoms with Crippen LogP contribution in [-0.2, 0) is 0 Å². The highest BCUT2D eigenvalue weighted by Crippen LogP contribution is 2.20. The number of likely N-dealkylation sites (tertiary alicyclic amines) is 1. The smallest absolute Gasteiger partial charge is 0.254 e. The SMILES string of the molecule is O=C(c1ccccc1)N1CCCCC1CBr. The second-order valence-electron chi connectivity index (χ2n) is 4.17. The summed E-state index contributed by atoms with van der Waals surface area (Å²) in [7, 11) is 0. The number of hydrogen-bond acceptors (Lipinski definition) is 1. The minimum Gasteiger partial charge on any atom is -0.335 e. The van der Waals surface area contributed by atoms with Crippen molar-refractivity contribution in [3.8, 4) is 0 Å². The zero-order valence-electron chi connectivity index (χ0n) is 9.23. The van der Waals surface area contributed by atoms with Gasteiger partial charge in [-0.3, -0.25) is 4.79 Å². The lowest BCUT2D eigenvalue weighted by atomic mass is 10.0. The Morgan fingerprint density at radius 1 is 1.31 bits per heavy atom. The standard InChI is InChI=1S/C13H16BrNO/c14-10-12-8-4-5-9-15(12)13(16)11-6-2-1-3-7-11/h1-3,6-7,12H,4-5,8-10H2. The normalized spacial score (nSPS) is 20.8. The first-order valence-corrected chi connectivity index (χ1v) is 6.87. The molecular weight excluding hydrogens is 266 g/mol. The topological polar surface area (TPSA) is 20.3 Å². The summed E-state index contributed by atoms with van der Waals surface area (Å²) in [4.78, 5) is 14.3. The number of hydrogen-bond donors (Lipinski definition) is 0. The van der Waals surface area contributed by atoms with Crippen LogP contribution in [0.3, 0.4) is 0 Å². The molecule has 0 aromatic heterocycles. The lowest BCUT2D eigenvalue weighted by Crippen LogP contribution is -2.44. The Hall–Kier alpha value is -0.830. The summed E-state index contributed by atoms with van der Waals surface area (Å²) in [6.45, 7) is 0.893. The van der Waals surface area contributed by atoms with Gasteiger partial charge in [-0.05, 0) is 31.4 Å². The number of rotatable bonds is 2. The molecule has 2 nitrogen and oxygen atoms in total. The maximum absolute atomic E-state index is 12.3. The molecule has 1 fully saturated rings. The third-order valence-electron chi connectivity index (χ3n) is 3.09. The van der Waals surface area contributed by atoms with Crippen molar-refractivity contribution in [1.82, 2.24) is 4.90 Å². The first kappa shape index (κ1) is 11.6. The molecule has 2 rings (SSSR count). The minimum absolute atomic E-state index is 0.171. The number of piperidine rings is 1. The fourth-order valence-corrected chi connectivity index (χ4v) is 2.85. The molecule has 1 heterocycles. The van der Waals surface area contributed by atoms with Crippen LogP contribution in [0.15, 0.2) is 30.3 Å². The molecule has 1 aromatic rings. The van der Waals surface area contributed by atoms with Crippen molar-refractivity contribution < 1.29 is 4.79 Å². The highest BCUT2D eigenvalue weighted by Gasteiger charge is 2.26. The van der Waals surface area contributed by atoms with E-state index in [2.05, 4.69) is 15.9 Å². The van der Waals surface area contributed by atoms with Gasteiger partial charge >= 0.3 is 0 Å². The van der Waals surface area contributed by atoms with E-state index in [0.29, 0.717) is 6.04 Å². The summed E-state index contributed by atoms with van der Waals surface area (Å²) in [5.41, 5.74) is 0.801. The van der Waals surface area contributed by atoms with Gasteiger partial charge in [0.05, 0.1) is 0 Å². The van der Waals surface area contributed by atoms with Crippen molar-refractivity contribution in [1.29, 1.82) is 0 Å². The van der Waals surface area contributed by atoms with Crippen molar-refractivity contribution in [3.05, 3.63) is 35.9 Å². The maximum atomic E-state index is 12.3. The first-order chi connectivity index (χ1) is 7.83. The first-order valence-electron chi connectivity index (χ1n) is 5.75. The molecule has 0 spiro atoms. The van der Waals surface area contributed by atoms with Gasteiger partial charge in [0, 0.05) is 23.5 Å². The van der Waals surface area contributed by atoms with Gasteiger partial charge in [-0.25, -0.2) is 0 Å². The lowest BCUT2D eigenvalue weighted by molar-refractivity contribution is 0.0642. The minimum atomic E-state index is 0.171. The van der Waals surface area contributed by atoms with Crippen LogP contribution in [0.25, 0.3) is 0 Å². The number of benzene rings is 1. The quantitative estimate of drug-likeness (QED) is 0.763. The van der Waals surface area contributed by atoms with Gasteiger partial charge in [0.15, 0.2) is 0 Å². The van der Waals surface area contributed by atoms with Crippen LogP contribution in [0.4, 0.5) is 0 Å². The molecular formula is C13H16BrNO. The summed E-state index contributed by atoms with van der Waals surface area (Å²) in [5, 5.41) is 0.881. The number of halogens is 1. The summed E-state index contributed by atoms with van der Waals surface area (Å²) in [6.07, 6.45) is 3.47. The van der Waals surface area contributed by atoms with E-state index in [0.717, 1.165) is 30.3 Å². The largest absolute Gasteiger partial charge is 0.335 e. The molecule has 1 saturated heterocycles. The van der Waals surface area contributed by atoms with Gasteiger partial charge < -0.3 is 4.90 Å².